The Kier molecular flexibility index (Phi) is 4.79. The van der Waals surface area contributed by atoms with Crippen LogP contribution in [0.4, 0.5) is 0 Å². The predicted octanol–water partition coefficient (Wildman–Crippen LogP) is 5.73. The van der Waals surface area contributed by atoms with E-state index in [9.17, 15) is 0 Å². The van der Waals surface area contributed by atoms with Crippen LogP contribution in [0.1, 0.15) is 88.0 Å². The minimum Gasteiger partial charge on any atom is -0.486 e. The lowest BCUT2D eigenvalue weighted by Crippen LogP contribution is -2.66. The molecule has 0 radical (unpaired) electrons. The van der Waals surface area contributed by atoms with Crippen molar-refractivity contribution in [3.63, 3.8) is 0 Å². The highest BCUT2D eigenvalue weighted by molar-refractivity contribution is 5.56. The van der Waals surface area contributed by atoms with Crippen molar-refractivity contribution in [2.75, 3.05) is 0 Å². The van der Waals surface area contributed by atoms with Gasteiger partial charge >= 0.3 is 0 Å². The third-order valence-electron chi connectivity index (χ3n) is 6.80. The molecule has 2 aliphatic rings. The SMILES string of the molecule is CCCCCc1cc2c(c(C)c1C)C1C=C(C)CCC1(N)C(C)(C)O2. The Morgan fingerprint density at radius 2 is 1.88 bits per heavy atom. The summed E-state index contributed by atoms with van der Waals surface area (Å²) in [5.41, 5.74) is 13.4. The van der Waals surface area contributed by atoms with E-state index in [1.54, 1.807) is 0 Å². The highest BCUT2D eigenvalue weighted by Crippen LogP contribution is 2.53. The maximum Gasteiger partial charge on any atom is 0.124 e. The van der Waals surface area contributed by atoms with Crippen LogP contribution in [0, 0.1) is 13.8 Å². The Balaban J connectivity index is 2.12. The van der Waals surface area contributed by atoms with Crippen molar-refractivity contribution < 1.29 is 4.74 Å². The quantitative estimate of drug-likeness (QED) is 0.561. The molecular formula is C23H35NO. The molecule has 2 N–H and O–H groups in total. The Hall–Kier alpha value is -1.28. The molecule has 0 saturated carbocycles. The topological polar surface area (TPSA) is 35.2 Å². The van der Waals surface area contributed by atoms with E-state index in [-0.39, 0.29) is 17.1 Å². The Morgan fingerprint density at radius 1 is 1.16 bits per heavy atom. The van der Waals surface area contributed by atoms with Crippen molar-refractivity contribution in [3.8, 4) is 5.75 Å². The fraction of sp³-hybridized carbons (Fsp3) is 0.652. The molecule has 1 aromatic carbocycles. The molecule has 0 aromatic heterocycles. The number of nitrogens with two attached hydrogens (primary N) is 1. The monoisotopic (exact) mass is 341 g/mol. The predicted molar refractivity (Wildman–Crippen MR) is 107 cm³/mol. The third-order valence-corrected chi connectivity index (χ3v) is 6.80. The minimum atomic E-state index is -0.357. The summed E-state index contributed by atoms with van der Waals surface area (Å²) >= 11 is 0. The zero-order chi connectivity index (χ0) is 18.4. The second-order valence-electron chi connectivity index (χ2n) is 8.80. The van der Waals surface area contributed by atoms with Crippen molar-refractivity contribution in [1.82, 2.24) is 0 Å². The first-order valence-electron chi connectivity index (χ1n) is 9.99. The van der Waals surface area contributed by atoms with Crippen LogP contribution in [0.3, 0.4) is 0 Å². The van der Waals surface area contributed by atoms with Gasteiger partial charge in [0.1, 0.15) is 11.4 Å². The van der Waals surface area contributed by atoms with Gasteiger partial charge in [0.15, 0.2) is 0 Å². The molecule has 1 aliphatic heterocycles. The summed E-state index contributed by atoms with van der Waals surface area (Å²) in [5.74, 6) is 1.32. The molecule has 1 heterocycles. The summed E-state index contributed by atoms with van der Waals surface area (Å²) in [6.07, 6.45) is 9.42. The van der Waals surface area contributed by atoms with Gasteiger partial charge in [0.2, 0.25) is 0 Å². The van der Waals surface area contributed by atoms with Gasteiger partial charge in [-0.2, -0.15) is 0 Å². The molecule has 3 rings (SSSR count). The van der Waals surface area contributed by atoms with Crippen molar-refractivity contribution in [3.05, 3.63) is 40.0 Å². The lowest BCUT2D eigenvalue weighted by atomic mass is 9.61. The molecular weight excluding hydrogens is 306 g/mol. The Morgan fingerprint density at radius 3 is 2.56 bits per heavy atom. The zero-order valence-electron chi connectivity index (χ0n) is 17.0. The number of hydrogen-bond acceptors (Lipinski definition) is 2. The van der Waals surface area contributed by atoms with Gasteiger partial charge in [-0.05, 0) is 83.1 Å². The summed E-state index contributed by atoms with van der Waals surface area (Å²) in [5, 5.41) is 0. The summed E-state index contributed by atoms with van der Waals surface area (Å²) in [4.78, 5) is 0. The van der Waals surface area contributed by atoms with E-state index in [1.165, 1.54) is 47.1 Å². The van der Waals surface area contributed by atoms with E-state index in [1.807, 2.05) is 0 Å². The normalized spacial score (nSPS) is 27.2. The van der Waals surface area contributed by atoms with Crippen LogP contribution in [0.2, 0.25) is 0 Å². The molecule has 2 nitrogen and oxygen atoms in total. The van der Waals surface area contributed by atoms with Crippen LogP contribution < -0.4 is 10.5 Å². The van der Waals surface area contributed by atoms with E-state index in [4.69, 9.17) is 10.5 Å². The Labute approximate surface area is 153 Å². The maximum atomic E-state index is 7.00. The number of hydrogen-bond donors (Lipinski definition) is 1. The number of ether oxygens (including phenoxy) is 1. The largest absolute Gasteiger partial charge is 0.486 e. The Bertz CT molecular complexity index is 701. The number of benzene rings is 1. The average Bonchev–Trinajstić information content (AvgIpc) is 2.54. The van der Waals surface area contributed by atoms with Gasteiger partial charge in [-0.1, -0.05) is 31.4 Å². The second kappa shape index (κ2) is 6.46. The van der Waals surface area contributed by atoms with Crippen LogP contribution in [0.15, 0.2) is 17.7 Å². The van der Waals surface area contributed by atoms with Crippen molar-refractivity contribution in [2.45, 2.75) is 97.1 Å². The van der Waals surface area contributed by atoms with Gasteiger partial charge in [0.05, 0.1) is 5.54 Å². The lowest BCUT2D eigenvalue weighted by Gasteiger charge is -2.54. The van der Waals surface area contributed by atoms with Crippen LogP contribution in [-0.2, 0) is 6.42 Å². The van der Waals surface area contributed by atoms with Crippen LogP contribution in [0.5, 0.6) is 5.75 Å². The summed E-state index contributed by atoms with van der Waals surface area (Å²) in [6, 6.07) is 2.31. The molecule has 0 fully saturated rings. The van der Waals surface area contributed by atoms with Crippen molar-refractivity contribution in [1.29, 1.82) is 0 Å². The molecule has 25 heavy (non-hydrogen) atoms. The molecule has 0 amide bonds. The van der Waals surface area contributed by atoms with Gasteiger partial charge in [0.25, 0.3) is 0 Å². The van der Waals surface area contributed by atoms with Gasteiger partial charge < -0.3 is 10.5 Å². The number of fused-ring (bicyclic) bond motifs is 3. The molecule has 0 bridgehead atoms. The fourth-order valence-electron chi connectivity index (χ4n) is 4.73. The highest BCUT2D eigenvalue weighted by Gasteiger charge is 2.54. The van der Waals surface area contributed by atoms with Crippen LogP contribution in [0.25, 0.3) is 0 Å². The van der Waals surface area contributed by atoms with Gasteiger partial charge in [-0.3, -0.25) is 0 Å². The number of allylic oxidation sites excluding steroid dienone is 1. The smallest absolute Gasteiger partial charge is 0.124 e. The first-order valence-corrected chi connectivity index (χ1v) is 9.99. The van der Waals surface area contributed by atoms with Gasteiger partial charge in [-0.15, -0.1) is 0 Å². The van der Waals surface area contributed by atoms with E-state index < -0.39 is 0 Å². The lowest BCUT2D eigenvalue weighted by molar-refractivity contribution is -0.0107. The molecule has 2 heteroatoms. The van der Waals surface area contributed by atoms with E-state index in [2.05, 4.69) is 53.7 Å². The van der Waals surface area contributed by atoms with Crippen LogP contribution >= 0.6 is 0 Å². The molecule has 0 spiro atoms. The molecule has 1 aliphatic carbocycles. The fourth-order valence-corrected chi connectivity index (χ4v) is 4.73. The zero-order valence-corrected chi connectivity index (χ0v) is 17.0. The standard InChI is InChI=1S/C23H35NO/c1-7-8-9-10-18-14-20-21(17(4)16(18)3)19-13-15(2)11-12-23(19,24)22(5,6)25-20/h13-14,19H,7-12,24H2,1-6H3. The molecule has 138 valence electrons. The average molecular weight is 342 g/mol. The van der Waals surface area contributed by atoms with Crippen LogP contribution in [-0.4, -0.2) is 11.1 Å². The van der Waals surface area contributed by atoms with E-state index in [0.717, 1.165) is 25.0 Å². The first kappa shape index (κ1) is 18.5. The number of aryl methyl sites for hydroxylation is 1. The van der Waals surface area contributed by atoms with Gasteiger partial charge in [-0.25, -0.2) is 0 Å². The second-order valence-corrected chi connectivity index (χ2v) is 8.80. The first-order chi connectivity index (χ1) is 11.7. The van der Waals surface area contributed by atoms with E-state index in [0.29, 0.717) is 0 Å². The highest BCUT2D eigenvalue weighted by atomic mass is 16.5. The summed E-state index contributed by atoms with van der Waals surface area (Å²) < 4.78 is 6.56. The van der Waals surface area contributed by atoms with Crippen molar-refractivity contribution in [2.24, 2.45) is 5.73 Å². The number of unbranched alkanes of at least 4 members (excludes halogenated alkanes) is 2. The summed E-state index contributed by atoms with van der Waals surface area (Å²) in [7, 11) is 0. The summed E-state index contributed by atoms with van der Waals surface area (Å²) in [6.45, 7) is 13.4. The molecule has 0 saturated heterocycles. The van der Waals surface area contributed by atoms with Crippen molar-refractivity contribution >= 4 is 0 Å². The van der Waals surface area contributed by atoms with E-state index >= 15 is 0 Å². The number of rotatable bonds is 4. The van der Waals surface area contributed by atoms with Gasteiger partial charge in [0, 0.05) is 11.5 Å². The minimum absolute atomic E-state index is 0.253. The molecule has 1 aromatic rings. The third kappa shape index (κ3) is 2.93. The molecule has 2 atom stereocenters. The maximum absolute atomic E-state index is 7.00. The molecule has 2 unspecified atom stereocenters.